The fourth-order valence-electron chi connectivity index (χ4n) is 1.24. The molecule has 1 aromatic carbocycles. The molecule has 0 N–H and O–H groups in total. The number of hydrogen-bond acceptors (Lipinski definition) is 4. The maximum absolute atomic E-state index is 5.56. The summed E-state index contributed by atoms with van der Waals surface area (Å²) in [5.74, 6) is 1.34. The normalized spacial score (nSPS) is 10.3. The van der Waals surface area contributed by atoms with Crippen molar-refractivity contribution in [2.75, 3.05) is 0 Å². The molecule has 0 saturated carbocycles. The van der Waals surface area contributed by atoms with Gasteiger partial charge in [0.05, 0.1) is 0 Å². The minimum Gasteiger partial charge on any atom is -0.488 e. The predicted molar refractivity (Wildman–Crippen MR) is 53.4 cm³/mol. The molecule has 1 heterocycles. The van der Waals surface area contributed by atoms with Crippen molar-refractivity contribution in [3.05, 3.63) is 35.2 Å². The van der Waals surface area contributed by atoms with E-state index >= 15 is 0 Å². The van der Waals surface area contributed by atoms with E-state index in [0.29, 0.717) is 12.4 Å². The summed E-state index contributed by atoms with van der Waals surface area (Å²) in [6, 6.07) is 5.93. The van der Waals surface area contributed by atoms with Gasteiger partial charge in [0.2, 0.25) is 0 Å². The third-order valence-electron chi connectivity index (χ3n) is 2.27. The molecule has 0 spiro atoms. The number of aromatic nitrogens is 4. The number of aryl methyl sites for hydroxylation is 1. The van der Waals surface area contributed by atoms with Crippen LogP contribution in [-0.4, -0.2) is 15.5 Å². The molecule has 0 atom stereocenters. The molecule has 1 aromatic heterocycles. The van der Waals surface area contributed by atoms with Crippen LogP contribution in [0.3, 0.4) is 0 Å². The Bertz CT molecular complexity index is 439. The second-order valence-corrected chi connectivity index (χ2v) is 3.28. The lowest BCUT2D eigenvalue weighted by Crippen LogP contribution is -2.00. The zero-order chi connectivity index (χ0) is 10.7. The van der Waals surface area contributed by atoms with Crippen molar-refractivity contribution >= 4 is 0 Å². The first-order valence-electron chi connectivity index (χ1n) is 4.64. The highest BCUT2D eigenvalue weighted by atomic mass is 16.5. The maximum atomic E-state index is 5.56. The Balaban J connectivity index is 2.08. The second kappa shape index (κ2) is 4.08. The molecule has 5 nitrogen and oxygen atoms in total. The fourth-order valence-corrected chi connectivity index (χ4v) is 1.24. The number of ether oxygens (including phenoxy) is 1. The molecule has 0 unspecified atom stereocenters. The maximum Gasteiger partial charge on any atom is 0.123 e. The molecule has 0 radical (unpaired) electrons. The molecule has 5 heteroatoms. The summed E-state index contributed by atoms with van der Waals surface area (Å²) in [6.45, 7) is 4.37. The van der Waals surface area contributed by atoms with Gasteiger partial charge in [-0.2, -0.15) is 5.21 Å². The number of benzene rings is 1. The average Bonchev–Trinajstić information content (AvgIpc) is 2.73. The molecular weight excluding hydrogens is 192 g/mol. The topological polar surface area (TPSA) is 62.0 Å². The highest BCUT2D eigenvalue weighted by Gasteiger charge is 2.01. The lowest BCUT2D eigenvalue weighted by atomic mass is 10.1. The Morgan fingerprint density at radius 2 is 2.20 bits per heavy atom. The molecule has 0 aliphatic heterocycles. The quantitative estimate of drug-likeness (QED) is 0.745. The smallest absolute Gasteiger partial charge is 0.123 e. The largest absolute Gasteiger partial charge is 0.488 e. The van der Waals surface area contributed by atoms with Gasteiger partial charge in [0, 0.05) is 5.82 Å². The van der Waals surface area contributed by atoms with Gasteiger partial charge >= 0.3 is 0 Å². The van der Waals surface area contributed by atoms with E-state index < -0.39 is 0 Å². The van der Waals surface area contributed by atoms with Crippen LogP contribution in [0.15, 0.2) is 18.2 Å². The van der Waals surface area contributed by atoms with E-state index in [4.69, 9.17) is 4.74 Å². The van der Waals surface area contributed by atoms with E-state index in [-0.39, 0.29) is 0 Å². The Hall–Kier alpha value is -1.91. The van der Waals surface area contributed by atoms with Gasteiger partial charge in [-0.15, -0.1) is 0 Å². The summed E-state index contributed by atoms with van der Waals surface area (Å²) >= 11 is 0. The van der Waals surface area contributed by atoms with Crippen LogP contribution in [0.1, 0.15) is 17.0 Å². The summed E-state index contributed by atoms with van der Waals surface area (Å²) in [7, 11) is 0. The molecular formula is C10H11N4O-. The fraction of sp³-hybridized carbons (Fsp3) is 0.300. The lowest BCUT2D eigenvalue weighted by Gasteiger charge is -2.10. The van der Waals surface area contributed by atoms with Gasteiger partial charge in [-0.05, 0) is 31.0 Å². The molecule has 0 amide bonds. The van der Waals surface area contributed by atoms with Crippen LogP contribution in [0.2, 0.25) is 0 Å². The van der Waals surface area contributed by atoms with Crippen LogP contribution in [-0.2, 0) is 6.61 Å². The minimum absolute atomic E-state index is 0.303. The van der Waals surface area contributed by atoms with Crippen LogP contribution in [0, 0.1) is 13.8 Å². The summed E-state index contributed by atoms with van der Waals surface area (Å²) in [5, 5.41) is 14.1. The number of hydrogen-bond donors (Lipinski definition) is 0. The van der Waals surface area contributed by atoms with E-state index in [0.717, 1.165) is 11.3 Å². The summed E-state index contributed by atoms with van der Waals surface area (Å²) in [4.78, 5) is 0. The molecule has 0 bridgehead atoms. The van der Waals surface area contributed by atoms with Crippen LogP contribution >= 0.6 is 0 Å². The van der Waals surface area contributed by atoms with Crippen LogP contribution in [0.5, 0.6) is 5.75 Å². The third-order valence-corrected chi connectivity index (χ3v) is 2.27. The van der Waals surface area contributed by atoms with Gasteiger partial charge in [-0.25, -0.2) is 0 Å². The lowest BCUT2D eigenvalue weighted by molar-refractivity contribution is 0.293. The van der Waals surface area contributed by atoms with Gasteiger partial charge in [0.15, 0.2) is 0 Å². The number of nitrogens with zero attached hydrogens (tertiary/aromatic N) is 4. The second-order valence-electron chi connectivity index (χ2n) is 3.28. The van der Waals surface area contributed by atoms with Crippen molar-refractivity contribution in [2.45, 2.75) is 20.5 Å². The molecule has 0 aliphatic carbocycles. The van der Waals surface area contributed by atoms with E-state index in [1.807, 2.05) is 32.0 Å². The summed E-state index contributed by atoms with van der Waals surface area (Å²) in [6.07, 6.45) is 0. The first-order chi connectivity index (χ1) is 7.27. The van der Waals surface area contributed by atoms with Gasteiger partial charge < -0.3 is 9.84 Å². The molecule has 2 rings (SSSR count). The summed E-state index contributed by atoms with van der Waals surface area (Å²) < 4.78 is 5.56. The van der Waals surface area contributed by atoms with Crippen LogP contribution in [0.25, 0.3) is 0 Å². The predicted octanol–water partition coefficient (Wildman–Crippen LogP) is 1.02. The van der Waals surface area contributed by atoms with Gasteiger partial charge in [-0.3, -0.25) is 10.3 Å². The molecule has 0 aliphatic rings. The van der Waals surface area contributed by atoms with E-state index in [2.05, 4.69) is 20.6 Å². The molecule has 15 heavy (non-hydrogen) atoms. The van der Waals surface area contributed by atoms with Crippen molar-refractivity contribution in [3.63, 3.8) is 0 Å². The Morgan fingerprint density at radius 3 is 2.93 bits per heavy atom. The number of rotatable bonds is 3. The van der Waals surface area contributed by atoms with Crippen molar-refractivity contribution in [3.8, 4) is 5.75 Å². The average molecular weight is 203 g/mol. The van der Waals surface area contributed by atoms with Crippen molar-refractivity contribution in [1.29, 1.82) is 0 Å². The standard InChI is InChI=1S/C10H11N4O/c1-7-4-3-5-9(8(7)2)15-6-10-11-13-14-12-10/h3-5H,6H2,1-2H3/q-1. The Kier molecular flexibility index (Phi) is 2.62. The Labute approximate surface area is 87.5 Å². The monoisotopic (exact) mass is 203 g/mol. The third kappa shape index (κ3) is 2.12. The first kappa shape index (κ1) is 9.64. The highest BCUT2D eigenvalue weighted by molar-refractivity contribution is 5.38. The van der Waals surface area contributed by atoms with Gasteiger partial charge in [0.25, 0.3) is 0 Å². The Morgan fingerprint density at radius 1 is 1.33 bits per heavy atom. The molecule has 0 saturated heterocycles. The summed E-state index contributed by atoms with van der Waals surface area (Å²) in [5.41, 5.74) is 2.33. The van der Waals surface area contributed by atoms with Gasteiger partial charge in [-0.1, -0.05) is 12.1 Å². The van der Waals surface area contributed by atoms with Gasteiger partial charge in [0.1, 0.15) is 12.4 Å². The zero-order valence-electron chi connectivity index (χ0n) is 8.64. The number of tetrazole rings is 1. The van der Waals surface area contributed by atoms with Crippen LogP contribution in [0.4, 0.5) is 0 Å². The van der Waals surface area contributed by atoms with E-state index in [1.165, 1.54) is 5.56 Å². The zero-order valence-corrected chi connectivity index (χ0v) is 8.64. The first-order valence-corrected chi connectivity index (χ1v) is 4.64. The SMILES string of the molecule is Cc1cccc(OCc2nnn[n-]2)c1C. The minimum atomic E-state index is 0.303. The molecule has 0 fully saturated rings. The van der Waals surface area contributed by atoms with Crippen molar-refractivity contribution in [1.82, 2.24) is 20.6 Å². The highest BCUT2D eigenvalue weighted by Crippen LogP contribution is 2.20. The molecule has 78 valence electrons. The molecule has 2 aromatic rings. The van der Waals surface area contributed by atoms with Crippen LogP contribution < -0.4 is 9.84 Å². The van der Waals surface area contributed by atoms with E-state index in [9.17, 15) is 0 Å². The van der Waals surface area contributed by atoms with E-state index in [1.54, 1.807) is 0 Å². The van der Waals surface area contributed by atoms with Crippen molar-refractivity contribution < 1.29 is 4.74 Å². The van der Waals surface area contributed by atoms with Crippen molar-refractivity contribution in [2.24, 2.45) is 0 Å².